The Bertz CT molecular complexity index is 708. The molecule has 7 heteroatoms. The molecule has 1 aromatic heterocycles. The van der Waals surface area contributed by atoms with Gasteiger partial charge in [-0.2, -0.15) is 0 Å². The fourth-order valence-corrected chi connectivity index (χ4v) is 3.09. The summed E-state index contributed by atoms with van der Waals surface area (Å²) >= 11 is 1.16. The smallest absolute Gasteiger partial charge is 0.305 e. The van der Waals surface area contributed by atoms with Gasteiger partial charge in [0, 0.05) is 36.1 Å². The van der Waals surface area contributed by atoms with Gasteiger partial charge in [-0.1, -0.05) is 23.5 Å². The van der Waals surface area contributed by atoms with E-state index >= 15 is 0 Å². The van der Waals surface area contributed by atoms with Gasteiger partial charge in [-0.05, 0) is 19.2 Å². The van der Waals surface area contributed by atoms with Crippen molar-refractivity contribution in [2.75, 3.05) is 25.5 Å². The molecule has 3 N–H and O–H groups in total. The Labute approximate surface area is 132 Å². The quantitative estimate of drug-likeness (QED) is 0.752. The Morgan fingerprint density at radius 2 is 2.23 bits per heavy atom. The number of hydrogen-bond acceptors (Lipinski definition) is 5. The maximum absolute atomic E-state index is 11.7. The number of amides is 1. The van der Waals surface area contributed by atoms with Crippen LogP contribution in [-0.4, -0.2) is 41.1 Å². The molecule has 0 fully saturated rings. The highest BCUT2D eigenvalue weighted by Crippen LogP contribution is 2.26. The number of nitrogens with one attached hydrogen (secondary N) is 2. The van der Waals surface area contributed by atoms with Crippen molar-refractivity contribution in [2.24, 2.45) is 0 Å². The number of likely N-dealkylation sites (N-methyl/N-ethyl adjacent to an activating group) is 1. The number of nitrogens with zero attached hydrogens (tertiary/aromatic N) is 1. The van der Waals surface area contributed by atoms with E-state index < -0.39 is 0 Å². The van der Waals surface area contributed by atoms with Crippen molar-refractivity contribution in [1.82, 2.24) is 9.88 Å². The molecule has 6 nitrogen and oxygen atoms in total. The van der Waals surface area contributed by atoms with Crippen molar-refractivity contribution < 1.29 is 9.90 Å². The first-order valence-corrected chi connectivity index (χ1v) is 7.70. The van der Waals surface area contributed by atoms with E-state index in [1.54, 1.807) is 6.07 Å². The van der Waals surface area contributed by atoms with Crippen LogP contribution in [0.25, 0.3) is 11.3 Å². The van der Waals surface area contributed by atoms with Crippen LogP contribution in [0.4, 0.5) is 5.69 Å². The predicted octanol–water partition coefficient (Wildman–Crippen LogP) is 1.49. The number of thiazole rings is 1. The summed E-state index contributed by atoms with van der Waals surface area (Å²) in [5.74, 6) is -0.140. The minimum absolute atomic E-state index is 0.0726. The molecule has 1 amide bonds. The Morgan fingerprint density at radius 1 is 1.45 bits per heavy atom. The van der Waals surface area contributed by atoms with Crippen LogP contribution >= 0.6 is 11.3 Å². The number of H-pyrrole nitrogens is 1. The van der Waals surface area contributed by atoms with Crippen LogP contribution in [0.15, 0.2) is 29.1 Å². The highest BCUT2D eigenvalue weighted by molar-refractivity contribution is 7.09. The summed E-state index contributed by atoms with van der Waals surface area (Å²) in [6.45, 7) is 2.64. The lowest BCUT2D eigenvalue weighted by Gasteiger charge is -2.14. The third kappa shape index (κ3) is 4.27. The van der Waals surface area contributed by atoms with Crippen molar-refractivity contribution in [3.63, 3.8) is 0 Å². The lowest BCUT2D eigenvalue weighted by molar-refractivity contribution is -0.114. The van der Waals surface area contributed by atoms with Gasteiger partial charge in [0.1, 0.15) is 0 Å². The van der Waals surface area contributed by atoms with E-state index in [1.807, 2.05) is 30.1 Å². The topological polar surface area (TPSA) is 85.4 Å². The Hall–Kier alpha value is -1.96. The largest absolute Gasteiger partial charge is 0.395 e. The van der Waals surface area contributed by atoms with E-state index in [1.165, 1.54) is 6.92 Å². The summed E-state index contributed by atoms with van der Waals surface area (Å²) in [7, 11) is 1.89. The number of carbonyl (C=O) groups excluding carboxylic acids is 1. The van der Waals surface area contributed by atoms with Crippen LogP contribution in [-0.2, 0) is 11.3 Å². The van der Waals surface area contributed by atoms with Gasteiger partial charge in [0.25, 0.3) is 0 Å². The number of aromatic amines is 1. The average molecular weight is 321 g/mol. The average Bonchev–Trinajstić information content (AvgIpc) is 2.79. The van der Waals surface area contributed by atoms with Gasteiger partial charge in [-0.15, -0.1) is 0 Å². The number of aromatic nitrogens is 1. The van der Waals surface area contributed by atoms with Crippen molar-refractivity contribution >= 4 is 22.9 Å². The molecule has 0 saturated heterocycles. The van der Waals surface area contributed by atoms with Gasteiger partial charge in [0.2, 0.25) is 5.91 Å². The molecule has 1 aromatic carbocycles. The molecule has 118 valence electrons. The molecule has 0 spiro atoms. The second-order valence-corrected chi connectivity index (χ2v) is 6.10. The van der Waals surface area contributed by atoms with Gasteiger partial charge in [0.15, 0.2) is 0 Å². The molecule has 0 unspecified atom stereocenters. The molecule has 22 heavy (non-hydrogen) atoms. The van der Waals surface area contributed by atoms with Crippen molar-refractivity contribution in [3.05, 3.63) is 38.8 Å². The molecule has 0 atom stereocenters. The van der Waals surface area contributed by atoms with Gasteiger partial charge in [0.05, 0.1) is 12.3 Å². The standard InChI is InChI=1S/C15H19N3O3S/c1-10(20)16-12-5-3-4-11(8-12)14-13(22-15(21)17-14)9-18(2)6-7-19/h3-5,8,19H,6-7,9H2,1-2H3,(H,16,20)(H,17,21). The molecule has 0 aliphatic carbocycles. The monoisotopic (exact) mass is 321 g/mol. The molecule has 0 aliphatic heterocycles. The number of benzene rings is 1. The summed E-state index contributed by atoms with van der Waals surface area (Å²) in [4.78, 5) is 28.4. The molecule has 1 heterocycles. The van der Waals surface area contributed by atoms with E-state index in [9.17, 15) is 9.59 Å². The second-order valence-electron chi connectivity index (χ2n) is 5.04. The minimum Gasteiger partial charge on any atom is -0.395 e. The maximum atomic E-state index is 11.7. The first kappa shape index (κ1) is 16.4. The summed E-state index contributed by atoms with van der Waals surface area (Å²) < 4.78 is 0. The zero-order valence-electron chi connectivity index (χ0n) is 12.5. The van der Waals surface area contributed by atoms with Crippen molar-refractivity contribution in [1.29, 1.82) is 0 Å². The first-order chi connectivity index (χ1) is 10.5. The van der Waals surface area contributed by atoms with Crippen LogP contribution in [0, 0.1) is 0 Å². The van der Waals surface area contributed by atoms with Crippen LogP contribution < -0.4 is 10.2 Å². The number of aliphatic hydroxyl groups is 1. The summed E-state index contributed by atoms with van der Waals surface area (Å²) in [6.07, 6.45) is 0. The second kappa shape index (κ2) is 7.35. The van der Waals surface area contributed by atoms with E-state index in [4.69, 9.17) is 5.11 Å². The van der Waals surface area contributed by atoms with Crippen LogP contribution in [0.5, 0.6) is 0 Å². The van der Waals surface area contributed by atoms with Gasteiger partial charge in [-0.3, -0.25) is 14.5 Å². The van der Waals surface area contributed by atoms with Crippen LogP contribution in [0.1, 0.15) is 11.8 Å². The maximum Gasteiger partial charge on any atom is 0.305 e. The Balaban J connectivity index is 2.32. The summed E-state index contributed by atoms with van der Waals surface area (Å²) in [6, 6.07) is 7.35. The van der Waals surface area contributed by atoms with E-state index in [0.717, 1.165) is 27.5 Å². The van der Waals surface area contributed by atoms with Gasteiger partial charge in [-0.25, -0.2) is 0 Å². The molecular weight excluding hydrogens is 302 g/mol. The predicted molar refractivity (Wildman–Crippen MR) is 88.1 cm³/mol. The Morgan fingerprint density at radius 3 is 2.91 bits per heavy atom. The number of carbonyl (C=O) groups is 1. The normalized spacial score (nSPS) is 10.9. The third-order valence-electron chi connectivity index (χ3n) is 3.09. The van der Waals surface area contributed by atoms with E-state index in [-0.39, 0.29) is 17.4 Å². The highest BCUT2D eigenvalue weighted by Gasteiger charge is 2.13. The molecule has 2 aromatic rings. The third-order valence-corrected chi connectivity index (χ3v) is 3.96. The highest BCUT2D eigenvalue weighted by atomic mass is 32.1. The fourth-order valence-electron chi connectivity index (χ4n) is 2.16. The SMILES string of the molecule is CC(=O)Nc1cccc(-c2[nH]c(=O)sc2CN(C)CCO)c1. The summed E-state index contributed by atoms with van der Waals surface area (Å²) in [5, 5.41) is 11.7. The lowest BCUT2D eigenvalue weighted by Crippen LogP contribution is -2.21. The number of hydrogen-bond donors (Lipinski definition) is 3. The molecule has 2 rings (SSSR count). The van der Waals surface area contributed by atoms with Crippen molar-refractivity contribution in [3.8, 4) is 11.3 Å². The molecule has 0 bridgehead atoms. The molecular formula is C15H19N3O3S. The summed E-state index contributed by atoms with van der Waals surface area (Å²) in [5.41, 5.74) is 2.29. The number of aliphatic hydroxyl groups excluding tert-OH is 1. The van der Waals surface area contributed by atoms with Gasteiger partial charge < -0.3 is 15.4 Å². The zero-order valence-corrected chi connectivity index (χ0v) is 13.4. The van der Waals surface area contributed by atoms with Crippen LogP contribution in [0.2, 0.25) is 0 Å². The molecule has 0 radical (unpaired) electrons. The number of rotatable bonds is 6. The number of anilines is 1. The Kier molecular flexibility index (Phi) is 5.48. The minimum atomic E-state index is -0.140. The molecule has 0 aliphatic rings. The first-order valence-electron chi connectivity index (χ1n) is 6.89. The lowest BCUT2D eigenvalue weighted by atomic mass is 10.1. The van der Waals surface area contributed by atoms with Crippen molar-refractivity contribution in [2.45, 2.75) is 13.5 Å². The fraction of sp³-hybridized carbons (Fsp3) is 0.333. The van der Waals surface area contributed by atoms with Crippen LogP contribution in [0.3, 0.4) is 0 Å². The van der Waals surface area contributed by atoms with Gasteiger partial charge >= 0.3 is 4.87 Å². The van der Waals surface area contributed by atoms with E-state index in [2.05, 4.69) is 10.3 Å². The van der Waals surface area contributed by atoms with E-state index in [0.29, 0.717) is 18.8 Å². The zero-order chi connectivity index (χ0) is 16.1. The molecule has 0 saturated carbocycles.